The summed E-state index contributed by atoms with van der Waals surface area (Å²) in [5.74, 6) is 0.596. The Bertz CT molecular complexity index is 4430. The molecule has 2 aromatic heterocycles. The molecule has 0 atom stereocenters. The normalized spacial score (nSPS) is 12.8. The van der Waals surface area contributed by atoms with Crippen molar-refractivity contribution in [3.8, 4) is 78.5 Å². The lowest BCUT2D eigenvalue weighted by molar-refractivity contribution is 0.592. The van der Waals surface area contributed by atoms with Gasteiger partial charge in [0.15, 0.2) is 13.0 Å². The molecule has 15 rings (SSSR count). The summed E-state index contributed by atoms with van der Waals surface area (Å²) in [6, 6.07) is 97.8. The van der Waals surface area contributed by atoms with Crippen molar-refractivity contribution in [1.82, 2.24) is 15.0 Å². The summed E-state index contributed by atoms with van der Waals surface area (Å²) in [6.45, 7) is 0. The summed E-state index contributed by atoms with van der Waals surface area (Å²) in [7, 11) is -3.56. The molecule has 0 N–H and O–H groups in total. The van der Waals surface area contributed by atoms with Gasteiger partial charge in [0, 0.05) is 48.9 Å². The summed E-state index contributed by atoms with van der Waals surface area (Å²) in [5, 5.41) is 5.36. The Balaban J connectivity index is 1.02. The van der Waals surface area contributed by atoms with E-state index in [1.165, 1.54) is 44.5 Å². The van der Waals surface area contributed by atoms with Crippen molar-refractivity contribution < 1.29 is 4.57 Å². The minimum absolute atomic E-state index is 0.522. The highest BCUT2D eigenvalue weighted by Crippen LogP contribution is 2.63. The van der Waals surface area contributed by atoms with Crippen molar-refractivity contribution in [3.05, 3.63) is 301 Å². The molecular weight excluding hydrogens is 954 g/mol. The first-order valence-electron chi connectivity index (χ1n) is 26.2. The van der Waals surface area contributed by atoms with Gasteiger partial charge in [-0.05, 0) is 103 Å². The zero-order chi connectivity index (χ0) is 51.1. The zero-order valence-electron chi connectivity index (χ0n) is 41.8. The molecule has 0 saturated carbocycles. The number of rotatable bonds is 8. The van der Waals surface area contributed by atoms with E-state index in [4.69, 9.17) is 15.0 Å². The fourth-order valence-corrected chi connectivity index (χ4v) is 15.2. The number of fused-ring (bicyclic) bond motifs is 13. The second-order valence-corrected chi connectivity index (χ2v) is 22.9. The molecule has 4 nitrogen and oxygen atoms in total. The molecule has 2 heterocycles. The maximum absolute atomic E-state index is 16.8. The Kier molecular flexibility index (Phi) is 10.4. The summed E-state index contributed by atoms with van der Waals surface area (Å²) in [5.41, 5.74) is 18.5. The molecule has 0 bridgehead atoms. The minimum atomic E-state index is -3.56. The minimum Gasteiger partial charge on any atom is -0.309 e. The lowest BCUT2D eigenvalue weighted by Crippen LogP contribution is -2.25. The van der Waals surface area contributed by atoms with Gasteiger partial charge in [-0.2, -0.15) is 0 Å². The average molecular weight is 1000 g/mol. The highest BCUT2D eigenvalue weighted by Gasteiger charge is 2.51. The van der Waals surface area contributed by atoms with Gasteiger partial charge < -0.3 is 4.57 Å². The van der Waals surface area contributed by atoms with Crippen LogP contribution in [-0.2, 0) is 9.98 Å². The Morgan fingerprint density at radius 3 is 1.36 bits per heavy atom. The number of aromatic nitrogens is 3. The third-order valence-electron chi connectivity index (χ3n) is 16.0. The number of benzene rings is 11. The van der Waals surface area contributed by atoms with Crippen molar-refractivity contribution >= 4 is 44.7 Å². The first-order chi connectivity index (χ1) is 38.0. The van der Waals surface area contributed by atoms with E-state index in [1.807, 2.05) is 84.9 Å². The molecule has 0 saturated heterocycles. The van der Waals surface area contributed by atoms with Crippen molar-refractivity contribution in [2.24, 2.45) is 0 Å². The smallest absolute Gasteiger partial charge is 0.171 e. The Hall–Kier alpha value is -9.60. The van der Waals surface area contributed by atoms with Crippen LogP contribution in [0.2, 0.25) is 0 Å². The van der Waals surface area contributed by atoms with E-state index in [2.05, 4.69) is 194 Å². The zero-order valence-corrected chi connectivity index (χ0v) is 42.6. The Morgan fingerprint density at radius 1 is 0.286 bits per heavy atom. The standard InChI is InChI=1S/C72H46N3OP/c76-77(53-25-9-3-10-26-53,54-27-11-4-12-28-54)55-42-51(69-46-68(74-71(75-69)50-23-7-2-8-24-50)49-39-37-48(38-40-49)47-21-5-1-6-22-47)41-52(43-55)70-62-44-61-58-31-15-19-35-65(58)72(66(61)45-60(62)59-32-16-20-36-67(59)73-70)63-33-17-13-29-56(63)57-30-14-18-34-64(57)72/h1-46H. The van der Waals surface area contributed by atoms with Crippen LogP contribution in [0.3, 0.4) is 0 Å². The van der Waals surface area contributed by atoms with Crippen LogP contribution < -0.4 is 15.9 Å². The van der Waals surface area contributed by atoms with Crippen LogP contribution in [0.4, 0.5) is 0 Å². The van der Waals surface area contributed by atoms with E-state index in [-0.39, 0.29) is 0 Å². The SMILES string of the molecule is O=P(c1ccccc1)(c1ccccc1)c1cc(-c2cc(-c3ccc(-c4ccccc4)cc3)nc(-c3ccccc3)n2)cc(-c2nc3ccccc3c3cc4c(cc23)-c2ccccc2C42c3ccccc3-c3ccccc32)c1. The van der Waals surface area contributed by atoms with Gasteiger partial charge in [0.05, 0.1) is 28.0 Å². The molecule has 0 unspecified atom stereocenters. The average Bonchev–Trinajstić information content (AvgIpc) is 4.19. The molecule has 13 aromatic rings. The topological polar surface area (TPSA) is 55.7 Å². The molecule has 360 valence electrons. The van der Waals surface area contributed by atoms with E-state index in [9.17, 15) is 0 Å². The first-order valence-corrected chi connectivity index (χ1v) is 27.9. The largest absolute Gasteiger partial charge is 0.309 e. The highest BCUT2D eigenvalue weighted by molar-refractivity contribution is 7.85. The molecule has 5 heteroatoms. The summed E-state index contributed by atoms with van der Waals surface area (Å²) in [4.78, 5) is 16.3. The molecule has 1 spiro atoms. The van der Waals surface area contributed by atoms with Gasteiger partial charge in [-0.1, -0.05) is 237 Å². The second kappa shape index (κ2) is 17.8. The van der Waals surface area contributed by atoms with Crippen molar-refractivity contribution in [3.63, 3.8) is 0 Å². The fourth-order valence-electron chi connectivity index (χ4n) is 12.5. The van der Waals surface area contributed by atoms with Crippen LogP contribution in [0, 0.1) is 0 Å². The van der Waals surface area contributed by atoms with E-state index in [0.29, 0.717) is 16.8 Å². The second-order valence-electron chi connectivity index (χ2n) is 20.1. The van der Waals surface area contributed by atoms with Gasteiger partial charge in [-0.25, -0.2) is 15.0 Å². The first kappa shape index (κ1) is 44.8. The lowest BCUT2D eigenvalue weighted by atomic mass is 9.70. The number of hydrogen-bond acceptors (Lipinski definition) is 4. The van der Waals surface area contributed by atoms with Gasteiger partial charge in [-0.15, -0.1) is 0 Å². The maximum Gasteiger partial charge on any atom is 0.171 e. The van der Waals surface area contributed by atoms with E-state index < -0.39 is 12.6 Å². The fraction of sp³-hybridized carbons (Fsp3) is 0.0139. The van der Waals surface area contributed by atoms with Gasteiger partial charge in [0.1, 0.15) is 0 Å². The molecular formula is C72H46N3OP. The molecule has 2 aliphatic rings. The quantitative estimate of drug-likeness (QED) is 0.112. The maximum atomic E-state index is 16.8. The molecule has 77 heavy (non-hydrogen) atoms. The highest BCUT2D eigenvalue weighted by atomic mass is 31.2. The third-order valence-corrected chi connectivity index (χ3v) is 19.0. The summed E-state index contributed by atoms with van der Waals surface area (Å²) >= 11 is 0. The van der Waals surface area contributed by atoms with Crippen molar-refractivity contribution in [2.75, 3.05) is 0 Å². The van der Waals surface area contributed by atoms with E-state index in [1.54, 1.807) is 0 Å². The predicted octanol–water partition coefficient (Wildman–Crippen LogP) is 16.5. The number of para-hydroxylation sites is 1. The third kappa shape index (κ3) is 7.00. The van der Waals surface area contributed by atoms with Crippen LogP contribution in [0.15, 0.2) is 279 Å². The van der Waals surface area contributed by atoms with Crippen LogP contribution in [0.1, 0.15) is 22.3 Å². The van der Waals surface area contributed by atoms with Gasteiger partial charge in [0.2, 0.25) is 0 Å². The van der Waals surface area contributed by atoms with Crippen LogP contribution >= 0.6 is 7.14 Å². The van der Waals surface area contributed by atoms with Crippen LogP contribution in [0.5, 0.6) is 0 Å². The number of nitrogens with zero attached hydrogens (tertiary/aromatic N) is 3. The van der Waals surface area contributed by atoms with Crippen molar-refractivity contribution in [1.29, 1.82) is 0 Å². The van der Waals surface area contributed by atoms with Gasteiger partial charge >= 0.3 is 0 Å². The number of hydrogen-bond donors (Lipinski definition) is 0. The predicted molar refractivity (Wildman–Crippen MR) is 318 cm³/mol. The summed E-state index contributed by atoms with van der Waals surface area (Å²) in [6.07, 6.45) is 0. The van der Waals surface area contributed by atoms with Crippen LogP contribution in [0.25, 0.3) is 100 Å². The Labute approximate surface area is 447 Å². The van der Waals surface area contributed by atoms with E-state index >= 15 is 4.57 Å². The molecule has 11 aromatic carbocycles. The number of pyridine rings is 1. The Morgan fingerprint density at radius 2 is 0.753 bits per heavy atom. The van der Waals surface area contributed by atoms with E-state index in [0.717, 1.165) is 77.1 Å². The van der Waals surface area contributed by atoms with Gasteiger partial charge in [-0.3, -0.25) is 0 Å². The van der Waals surface area contributed by atoms with Crippen molar-refractivity contribution in [2.45, 2.75) is 5.41 Å². The van der Waals surface area contributed by atoms with Crippen LogP contribution in [-0.4, -0.2) is 15.0 Å². The molecule has 0 radical (unpaired) electrons. The summed E-state index contributed by atoms with van der Waals surface area (Å²) < 4.78 is 16.8. The molecule has 2 aliphatic carbocycles. The molecule has 0 amide bonds. The molecule has 0 aliphatic heterocycles. The monoisotopic (exact) mass is 999 g/mol. The van der Waals surface area contributed by atoms with Gasteiger partial charge in [0.25, 0.3) is 0 Å². The molecule has 0 fully saturated rings. The lowest BCUT2D eigenvalue weighted by Gasteiger charge is -2.30.